The van der Waals surface area contributed by atoms with Crippen LogP contribution in [0.25, 0.3) is 11.1 Å². The molecule has 1 amide bonds. The zero-order valence-corrected chi connectivity index (χ0v) is 14.0. The fourth-order valence-electron chi connectivity index (χ4n) is 2.41. The van der Waals surface area contributed by atoms with Crippen molar-refractivity contribution in [2.24, 2.45) is 0 Å². The average molecular weight is 393 g/mol. The van der Waals surface area contributed by atoms with Crippen molar-refractivity contribution in [3.63, 3.8) is 0 Å². The van der Waals surface area contributed by atoms with Gasteiger partial charge in [0.25, 0.3) is 11.4 Å². The van der Waals surface area contributed by atoms with Gasteiger partial charge in [-0.15, -0.1) is 0 Å². The molecule has 0 aliphatic carbocycles. The quantitative estimate of drug-likeness (QED) is 0.517. The fourth-order valence-corrected chi connectivity index (χ4v) is 2.58. The maximum Gasteiger partial charge on any atom is 0.420 e. The van der Waals surface area contributed by atoms with E-state index >= 15 is 0 Å². The maximum atomic E-state index is 12.3. The van der Waals surface area contributed by atoms with Crippen molar-refractivity contribution in [3.05, 3.63) is 72.2 Å². The number of rotatable bonds is 5. The summed E-state index contributed by atoms with van der Waals surface area (Å²) >= 11 is 5.71. The van der Waals surface area contributed by atoms with Crippen LogP contribution >= 0.6 is 11.6 Å². The number of hydrogen-bond donors (Lipinski definition) is 1. The van der Waals surface area contributed by atoms with Crippen molar-refractivity contribution >= 4 is 45.7 Å². The lowest BCUT2D eigenvalue weighted by Crippen LogP contribution is -2.25. The average Bonchev–Trinajstić information content (AvgIpc) is 2.91. The molecule has 0 saturated carbocycles. The highest BCUT2D eigenvalue weighted by Crippen LogP contribution is 2.28. The summed E-state index contributed by atoms with van der Waals surface area (Å²) in [5.74, 6) is -1.66. The Hall–Kier alpha value is -3.73. The summed E-state index contributed by atoms with van der Waals surface area (Å²) in [5.41, 5.74) is -0.700. The van der Waals surface area contributed by atoms with Gasteiger partial charge in [-0.05, 0) is 18.2 Å². The summed E-state index contributed by atoms with van der Waals surface area (Å²) in [6.45, 7) is -0.563. The van der Waals surface area contributed by atoms with E-state index in [1.165, 1.54) is 18.2 Å². The Morgan fingerprint density at radius 1 is 1.15 bits per heavy atom. The normalized spacial score (nSPS) is 10.7. The highest BCUT2D eigenvalue weighted by Gasteiger charge is 2.19. The Morgan fingerprint density at radius 3 is 2.56 bits per heavy atom. The summed E-state index contributed by atoms with van der Waals surface area (Å²) in [6, 6.07) is 7.17. The van der Waals surface area contributed by atoms with Crippen molar-refractivity contribution in [1.82, 2.24) is 4.57 Å². The SMILES string of the molecule is O=C(Cn1c(=O)oc2ccc([N+](=O)[O-])cc21)Nc1ccc(Cl)cc1[N+](=O)[O-]. The first-order chi connectivity index (χ1) is 12.8. The van der Waals surface area contributed by atoms with Gasteiger partial charge in [-0.3, -0.25) is 29.6 Å². The predicted molar refractivity (Wildman–Crippen MR) is 93.9 cm³/mol. The van der Waals surface area contributed by atoms with Crippen LogP contribution in [0.15, 0.2) is 45.6 Å². The number of hydrogen-bond acceptors (Lipinski definition) is 7. The van der Waals surface area contributed by atoms with Gasteiger partial charge >= 0.3 is 5.76 Å². The van der Waals surface area contributed by atoms with Crippen LogP contribution in [0.2, 0.25) is 5.02 Å². The minimum Gasteiger partial charge on any atom is -0.408 e. The molecule has 12 heteroatoms. The van der Waals surface area contributed by atoms with E-state index in [4.69, 9.17) is 16.0 Å². The van der Waals surface area contributed by atoms with E-state index in [2.05, 4.69) is 5.32 Å². The number of benzene rings is 2. The highest BCUT2D eigenvalue weighted by molar-refractivity contribution is 6.31. The van der Waals surface area contributed by atoms with Gasteiger partial charge in [0, 0.05) is 23.2 Å². The van der Waals surface area contributed by atoms with E-state index in [0.717, 1.165) is 22.8 Å². The Bertz CT molecular complexity index is 1150. The standard InChI is InChI=1S/C15H9ClN4O7/c16-8-1-3-10(11(5-8)20(25)26)17-14(21)7-18-12-6-9(19(23)24)2-4-13(12)27-15(18)22/h1-6H,7H2,(H,17,21). The number of halogens is 1. The molecule has 0 bridgehead atoms. The summed E-state index contributed by atoms with van der Waals surface area (Å²) < 4.78 is 5.83. The summed E-state index contributed by atoms with van der Waals surface area (Å²) in [6.07, 6.45) is 0. The summed E-state index contributed by atoms with van der Waals surface area (Å²) in [5, 5.41) is 24.4. The molecular weight excluding hydrogens is 384 g/mol. The van der Waals surface area contributed by atoms with Crippen LogP contribution in [-0.2, 0) is 11.3 Å². The number of nitro groups is 2. The van der Waals surface area contributed by atoms with Gasteiger partial charge in [0.1, 0.15) is 12.2 Å². The zero-order valence-electron chi connectivity index (χ0n) is 13.2. The molecule has 0 radical (unpaired) electrons. The molecule has 11 nitrogen and oxygen atoms in total. The lowest BCUT2D eigenvalue weighted by molar-refractivity contribution is -0.384. The summed E-state index contributed by atoms with van der Waals surface area (Å²) in [4.78, 5) is 44.8. The van der Waals surface area contributed by atoms with Crippen molar-refractivity contribution in [3.8, 4) is 0 Å². The number of nitrogens with one attached hydrogen (secondary N) is 1. The van der Waals surface area contributed by atoms with E-state index < -0.39 is 33.7 Å². The second kappa shape index (κ2) is 6.88. The van der Waals surface area contributed by atoms with E-state index in [9.17, 15) is 29.8 Å². The number of aromatic nitrogens is 1. The Balaban J connectivity index is 1.92. The van der Waals surface area contributed by atoms with Crippen LogP contribution in [-0.4, -0.2) is 20.3 Å². The molecule has 27 heavy (non-hydrogen) atoms. The van der Waals surface area contributed by atoms with E-state index in [1.54, 1.807) is 0 Å². The van der Waals surface area contributed by atoms with Crippen molar-refractivity contribution in [1.29, 1.82) is 0 Å². The molecule has 0 fully saturated rings. The third-order valence-electron chi connectivity index (χ3n) is 3.59. The third kappa shape index (κ3) is 3.62. The first-order valence-electron chi connectivity index (χ1n) is 7.28. The number of nitrogens with zero attached hydrogens (tertiary/aromatic N) is 3. The molecule has 0 spiro atoms. The Morgan fingerprint density at radius 2 is 1.89 bits per heavy atom. The van der Waals surface area contributed by atoms with Crippen LogP contribution in [0.5, 0.6) is 0 Å². The van der Waals surface area contributed by atoms with Gasteiger partial charge in [0.2, 0.25) is 5.91 Å². The topological polar surface area (TPSA) is 151 Å². The van der Waals surface area contributed by atoms with Gasteiger partial charge in [-0.1, -0.05) is 11.6 Å². The molecule has 0 atom stereocenters. The highest BCUT2D eigenvalue weighted by atomic mass is 35.5. The second-order valence-electron chi connectivity index (χ2n) is 5.33. The molecule has 0 unspecified atom stereocenters. The fraction of sp³-hybridized carbons (Fsp3) is 0.0667. The molecule has 0 aliphatic heterocycles. The lowest BCUT2D eigenvalue weighted by atomic mass is 10.2. The minimum atomic E-state index is -0.897. The van der Waals surface area contributed by atoms with Crippen LogP contribution in [0.1, 0.15) is 0 Å². The van der Waals surface area contributed by atoms with Crippen LogP contribution in [0.4, 0.5) is 17.1 Å². The number of carbonyl (C=O) groups excluding carboxylic acids is 1. The number of carbonyl (C=O) groups is 1. The molecule has 2 aromatic carbocycles. The van der Waals surface area contributed by atoms with Crippen LogP contribution < -0.4 is 11.1 Å². The third-order valence-corrected chi connectivity index (χ3v) is 3.83. The molecular formula is C15H9ClN4O7. The maximum absolute atomic E-state index is 12.3. The van der Waals surface area contributed by atoms with Gasteiger partial charge in [0.15, 0.2) is 5.58 Å². The largest absolute Gasteiger partial charge is 0.420 e. The number of oxazole rings is 1. The van der Waals surface area contributed by atoms with Gasteiger partial charge in [-0.2, -0.15) is 0 Å². The van der Waals surface area contributed by atoms with Crippen LogP contribution in [0, 0.1) is 20.2 Å². The molecule has 3 aromatic rings. The van der Waals surface area contributed by atoms with Crippen LogP contribution in [0.3, 0.4) is 0 Å². The number of fused-ring (bicyclic) bond motifs is 1. The summed E-state index contributed by atoms with van der Waals surface area (Å²) in [7, 11) is 0. The molecule has 0 aliphatic rings. The van der Waals surface area contributed by atoms with Gasteiger partial charge in [-0.25, -0.2) is 4.79 Å². The van der Waals surface area contributed by atoms with Gasteiger partial charge in [0.05, 0.1) is 15.4 Å². The monoisotopic (exact) mass is 392 g/mol. The smallest absolute Gasteiger partial charge is 0.408 e. The van der Waals surface area contributed by atoms with E-state index in [0.29, 0.717) is 0 Å². The number of amides is 1. The second-order valence-corrected chi connectivity index (χ2v) is 5.77. The first-order valence-corrected chi connectivity index (χ1v) is 7.65. The van der Waals surface area contributed by atoms with E-state index in [1.807, 2.05) is 0 Å². The Labute approximate surface area is 154 Å². The van der Waals surface area contributed by atoms with Crippen molar-refractivity contribution in [2.45, 2.75) is 6.54 Å². The van der Waals surface area contributed by atoms with Gasteiger partial charge < -0.3 is 9.73 Å². The molecule has 1 N–H and O–H groups in total. The first kappa shape index (κ1) is 18.1. The number of non-ortho nitro benzene ring substituents is 1. The molecule has 1 heterocycles. The zero-order chi connectivity index (χ0) is 19.7. The van der Waals surface area contributed by atoms with Crippen molar-refractivity contribution in [2.75, 3.05) is 5.32 Å². The molecule has 138 valence electrons. The molecule has 0 saturated heterocycles. The molecule has 3 rings (SSSR count). The minimum absolute atomic E-state index is 0.0509. The van der Waals surface area contributed by atoms with E-state index in [-0.39, 0.29) is 27.5 Å². The number of anilines is 1. The predicted octanol–water partition coefficient (Wildman–Crippen LogP) is 2.70. The number of nitro benzene ring substituents is 2. The van der Waals surface area contributed by atoms with Crippen molar-refractivity contribution < 1.29 is 19.1 Å². The Kier molecular flexibility index (Phi) is 4.60. The molecule has 1 aromatic heterocycles. The lowest BCUT2D eigenvalue weighted by Gasteiger charge is -2.07.